The largest absolute Gasteiger partial charge is 0.491 e. The Kier molecular flexibility index (Phi) is 7.66. The van der Waals surface area contributed by atoms with Crippen LogP contribution in [0.1, 0.15) is 25.5 Å². The molecule has 0 spiro atoms. The van der Waals surface area contributed by atoms with Gasteiger partial charge in [0.25, 0.3) is 0 Å². The second-order valence-corrected chi connectivity index (χ2v) is 8.33. The smallest absolute Gasteiger partial charge is 0.461 e. The number of carbonyl (C=O) groups is 1. The molecule has 1 unspecified atom stereocenters. The van der Waals surface area contributed by atoms with Crippen LogP contribution in [0.25, 0.3) is 0 Å². The lowest BCUT2D eigenvalue weighted by atomic mass is 10.1. The van der Waals surface area contributed by atoms with Gasteiger partial charge in [0.05, 0.1) is 11.5 Å². The second-order valence-electron chi connectivity index (χ2n) is 6.42. The normalized spacial score (nSPS) is 14.3. The third-order valence-corrected chi connectivity index (χ3v) is 5.99. The fourth-order valence-corrected chi connectivity index (χ4v) is 4.43. The van der Waals surface area contributed by atoms with Crippen molar-refractivity contribution in [2.24, 2.45) is 0 Å². The van der Waals surface area contributed by atoms with Crippen LogP contribution in [0.5, 0.6) is 0 Å². The van der Waals surface area contributed by atoms with Crippen molar-refractivity contribution in [3.05, 3.63) is 76.9 Å². The number of benzene rings is 2. The van der Waals surface area contributed by atoms with Crippen LogP contribution in [0, 0.1) is 0 Å². The van der Waals surface area contributed by atoms with E-state index >= 15 is 0 Å². The third kappa shape index (κ3) is 5.26. The Hall–Kier alpha value is -2.95. The lowest BCUT2D eigenvalue weighted by molar-refractivity contribution is -0.277. The van der Waals surface area contributed by atoms with Gasteiger partial charge in [0.2, 0.25) is 9.84 Å². The predicted octanol–water partition coefficient (Wildman–Crippen LogP) is 5.21. The summed E-state index contributed by atoms with van der Waals surface area (Å²) in [5.41, 5.74) is -0.146. The fourth-order valence-electron chi connectivity index (χ4n) is 2.76. The molecule has 0 aromatic heterocycles. The summed E-state index contributed by atoms with van der Waals surface area (Å²) in [7, 11) is -5.06. The van der Waals surface area contributed by atoms with Crippen LogP contribution in [0.3, 0.4) is 0 Å². The Balaban J connectivity index is 3.02. The van der Waals surface area contributed by atoms with E-state index in [1.54, 1.807) is 0 Å². The monoisotopic (exact) mass is 478 g/mol. The van der Waals surface area contributed by atoms with E-state index in [1.165, 1.54) is 48.5 Å². The number of rotatable bonds is 8. The highest BCUT2D eigenvalue weighted by Crippen LogP contribution is 2.47. The van der Waals surface area contributed by atoms with Gasteiger partial charge in [0, 0.05) is 6.92 Å². The molecule has 0 N–H and O–H groups in total. The first-order chi connectivity index (χ1) is 14.8. The Morgan fingerprint density at radius 3 is 1.88 bits per heavy atom. The highest BCUT2D eigenvalue weighted by molar-refractivity contribution is 7.95. The maximum Gasteiger partial charge on any atom is 0.461 e. The standard InChI is InChI=1S/C21H19F5O5S/c1-3-30-19(20(22,23)21(24,25)26)18(32(28,29)16-12-8-5-9-13-16)17(31-14(2)27)15-10-6-4-7-11-15/h4-13,17H,3H2,1-2H3/b19-18-. The first kappa shape index (κ1) is 25.3. The van der Waals surface area contributed by atoms with Gasteiger partial charge in [-0.25, -0.2) is 8.42 Å². The minimum absolute atomic E-state index is 0.146. The zero-order chi connectivity index (χ0) is 24.2. The van der Waals surface area contributed by atoms with E-state index in [1.807, 2.05) is 0 Å². The maximum atomic E-state index is 14.6. The summed E-state index contributed by atoms with van der Waals surface area (Å²) in [4.78, 5) is 9.63. The Morgan fingerprint density at radius 1 is 0.938 bits per heavy atom. The zero-order valence-corrected chi connectivity index (χ0v) is 17.7. The molecule has 0 aliphatic carbocycles. The highest BCUT2D eigenvalue weighted by Gasteiger charge is 2.64. The van der Waals surface area contributed by atoms with Crippen LogP contribution in [0.15, 0.2) is 76.2 Å². The fraction of sp³-hybridized carbons (Fsp3) is 0.286. The predicted molar refractivity (Wildman–Crippen MR) is 104 cm³/mol. The zero-order valence-electron chi connectivity index (χ0n) is 16.9. The molecule has 0 radical (unpaired) electrons. The summed E-state index contributed by atoms with van der Waals surface area (Å²) >= 11 is 0. The molecule has 2 rings (SSSR count). The Bertz CT molecular complexity index is 1060. The van der Waals surface area contributed by atoms with Crippen molar-refractivity contribution in [3.63, 3.8) is 0 Å². The molecular weight excluding hydrogens is 459 g/mol. The molecule has 174 valence electrons. The summed E-state index contributed by atoms with van der Waals surface area (Å²) in [6.45, 7) is 1.27. The number of hydrogen-bond acceptors (Lipinski definition) is 5. The number of sulfone groups is 1. The quantitative estimate of drug-likeness (QED) is 0.296. The van der Waals surface area contributed by atoms with E-state index in [9.17, 15) is 35.2 Å². The minimum Gasteiger partial charge on any atom is -0.491 e. The van der Waals surface area contributed by atoms with Gasteiger partial charge in [-0.1, -0.05) is 48.5 Å². The van der Waals surface area contributed by atoms with Crippen LogP contribution >= 0.6 is 0 Å². The van der Waals surface area contributed by atoms with Crippen LogP contribution in [-0.4, -0.2) is 33.1 Å². The van der Waals surface area contributed by atoms with E-state index in [4.69, 9.17) is 4.74 Å². The molecule has 0 heterocycles. The lowest BCUT2D eigenvalue weighted by Crippen LogP contribution is -2.41. The molecule has 0 aliphatic heterocycles. The third-order valence-electron chi connectivity index (χ3n) is 4.12. The molecule has 0 saturated carbocycles. The van der Waals surface area contributed by atoms with Crippen molar-refractivity contribution in [1.82, 2.24) is 0 Å². The number of allylic oxidation sites excluding steroid dienone is 1. The van der Waals surface area contributed by atoms with Gasteiger partial charge in [0.1, 0.15) is 4.91 Å². The second kappa shape index (κ2) is 9.68. The summed E-state index contributed by atoms with van der Waals surface area (Å²) in [6.07, 6.45) is -8.32. The van der Waals surface area contributed by atoms with E-state index in [2.05, 4.69) is 4.74 Å². The minimum atomic E-state index is -6.19. The summed E-state index contributed by atoms with van der Waals surface area (Å²) < 4.78 is 106. The van der Waals surface area contributed by atoms with Gasteiger partial charge >= 0.3 is 18.1 Å². The van der Waals surface area contributed by atoms with Crippen molar-refractivity contribution in [2.75, 3.05) is 6.61 Å². The number of halogens is 5. The first-order valence-electron chi connectivity index (χ1n) is 9.18. The summed E-state index contributed by atoms with van der Waals surface area (Å²) in [6, 6.07) is 12.7. The van der Waals surface area contributed by atoms with Crippen LogP contribution in [0.4, 0.5) is 22.0 Å². The number of esters is 1. The Labute approximate surface area is 181 Å². The van der Waals surface area contributed by atoms with Crippen molar-refractivity contribution < 1.29 is 44.6 Å². The van der Waals surface area contributed by atoms with Crippen molar-refractivity contribution >= 4 is 15.8 Å². The molecule has 2 aromatic carbocycles. The molecule has 11 heteroatoms. The van der Waals surface area contributed by atoms with Crippen LogP contribution in [0.2, 0.25) is 0 Å². The summed E-state index contributed by atoms with van der Waals surface area (Å²) in [5, 5.41) is 0. The van der Waals surface area contributed by atoms with Crippen molar-refractivity contribution in [3.8, 4) is 0 Å². The van der Waals surface area contributed by atoms with Crippen molar-refractivity contribution in [1.29, 1.82) is 0 Å². The molecule has 32 heavy (non-hydrogen) atoms. The van der Waals surface area contributed by atoms with Crippen LogP contribution < -0.4 is 0 Å². The molecule has 5 nitrogen and oxygen atoms in total. The number of ether oxygens (including phenoxy) is 2. The Morgan fingerprint density at radius 2 is 1.44 bits per heavy atom. The number of alkyl halides is 5. The highest BCUT2D eigenvalue weighted by atomic mass is 32.2. The van der Waals surface area contributed by atoms with Gasteiger partial charge < -0.3 is 9.47 Å². The van der Waals surface area contributed by atoms with Gasteiger partial charge in [-0.15, -0.1) is 0 Å². The number of hydrogen-bond donors (Lipinski definition) is 0. The molecule has 0 fully saturated rings. The van der Waals surface area contributed by atoms with Crippen LogP contribution in [-0.2, 0) is 24.1 Å². The molecule has 0 aliphatic rings. The number of carbonyl (C=O) groups excluding carboxylic acids is 1. The van der Waals surface area contributed by atoms with Gasteiger partial charge in [-0.3, -0.25) is 4.79 Å². The van der Waals surface area contributed by atoms with E-state index < -0.39 is 56.2 Å². The summed E-state index contributed by atoms with van der Waals surface area (Å²) in [5.74, 6) is -8.97. The SMILES string of the molecule is CCO/C(=C(/C(OC(C)=O)c1ccccc1)S(=O)(=O)c1ccccc1)C(F)(F)C(F)(F)F. The maximum absolute atomic E-state index is 14.6. The molecule has 0 amide bonds. The van der Waals surface area contributed by atoms with Gasteiger partial charge in [-0.2, -0.15) is 22.0 Å². The van der Waals surface area contributed by atoms with E-state index in [-0.39, 0.29) is 5.56 Å². The molecular formula is C21H19F5O5S. The molecule has 0 bridgehead atoms. The first-order valence-corrected chi connectivity index (χ1v) is 10.7. The average Bonchev–Trinajstić information content (AvgIpc) is 2.72. The molecule has 2 aromatic rings. The van der Waals surface area contributed by atoms with Crippen molar-refractivity contribution in [2.45, 2.75) is 36.9 Å². The van der Waals surface area contributed by atoms with Gasteiger partial charge in [-0.05, 0) is 24.6 Å². The van der Waals surface area contributed by atoms with Gasteiger partial charge in [0.15, 0.2) is 11.9 Å². The van der Waals surface area contributed by atoms with E-state index in [0.29, 0.717) is 0 Å². The molecule has 0 saturated heterocycles. The lowest BCUT2D eigenvalue weighted by Gasteiger charge is -2.28. The average molecular weight is 478 g/mol. The molecule has 1 atom stereocenters. The van der Waals surface area contributed by atoms with E-state index in [0.717, 1.165) is 26.0 Å². The topological polar surface area (TPSA) is 69.7 Å².